The van der Waals surface area contributed by atoms with E-state index in [0.717, 1.165) is 6.08 Å². The molecule has 0 saturated carbocycles. The second kappa shape index (κ2) is 4.92. The van der Waals surface area contributed by atoms with E-state index in [9.17, 15) is 9.59 Å². The number of hydrogen-bond donors (Lipinski definition) is 2. The van der Waals surface area contributed by atoms with Gasteiger partial charge in [0.1, 0.15) is 0 Å². The van der Waals surface area contributed by atoms with Crippen LogP contribution in [0.15, 0.2) is 36.5 Å². The van der Waals surface area contributed by atoms with E-state index in [0.29, 0.717) is 0 Å². The van der Waals surface area contributed by atoms with E-state index in [-0.39, 0.29) is 11.1 Å². The molecule has 4 heteroatoms. The number of carbonyl (C=O) groups excluding carboxylic acids is 1. The predicted octanol–water partition coefficient (Wildman–Crippen LogP) is 0.486. The van der Waals surface area contributed by atoms with Gasteiger partial charge in [0.15, 0.2) is 0 Å². The molecule has 70 valence electrons. The zero-order chi connectivity index (χ0) is 10.4. The molecule has 0 heterocycles. The van der Waals surface area contributed by atoms with Crippen LogP contribution in [0.4, 0.5) is 0 Å². The Hall–Kier alpha value is -1.84. The number of carboxylic acid groups (broad SMARTS) is 1. The zero-order valence-electron chi connectivity index (χ0n) is 7.33. The lowest BCUT2D eigenvalue weighted by molar-refractivity contribution is -0.132. The lowest BCUT2D eigenvalue weighted by Crippen LogP contribution is -2.21. The number of amides is 1. The molecule has 0 saturated heterocycles. The van der Waals surface area contributed by atoms with E-state index >= 15 is 0 Å². The van der Waals surface area contributed by atoms with E-state index in [1.165, 1.54) is 13.1 Å². The van der Waals surface area contributed by atoms with Gasteiger partial charge >= 0.3 is 5.97 Å². The van der Waals surface area contributed by atoms with Gasteiger partial charge in [-0.2, -0.15) is 0 Å². The van der Waals surface area contributed by atoms with Gasteiger partial charge in [0, 0.05) is 7.05 Å². The summed E-state index contributed by atoms with van der Waals surface area (Å²) in [5.41, 5.74) is -0.153. The maximum atomic E-state index is 11.1. The number of aliphatic carboxylic acids is 1. The third-order valence-electron chi connectivity index (χ3n) is 1.40. The highest BCUT2D eigenvalue weighted by molar-refractivity contribution is 6.05. The van der Waals surface area contributed by atoms with Crippen molar-refractivity contribution in [2.24, 2.45) is 0 Å². The summed E-state index contributed by atoms with van der Waals surface area (Å²) in [5, 5.41) is 11.0. The van der Waals surface area contributed by atoms with Crippen LogP contribution < -0.4 is 5.32 Å². The minimum atomic E-state index is -1.20. The summed E-state index contributed by atoms with van der Waals surface area (Å²) in [7, 11) is 1.41. The second-order valence-electron chi connectivity index (χ2n) is 2.12. The number of carboxylic acids is 1. The molecule has 0 aliphatic rings. The van der Waals surface area contributed by atoms with E-state index in [1.54, 1.807) is 0 Å². The quantitative estimate of drug-likeness (QED) is 0.490. The van der Waals surface area contributed by atoms with E-state index in [4.69, 9.17) is 5.11 Å². The average Bonchev–Trinajstić information content (AvgIpc) is 2.12. The Balaban J connectivity index is 5.29. The number of nitrogens with one attached hydrogen (secondary N) is 1. The third kappa shape index (κ3) is 2.59. The molecule has 4 nitrogen and oxygen atoms in total. The van der Waals surface area contributed by atoms with Crippen molar-refractivity contribution in [3.8, 4) is 0 Å². The standard InChI is InChI=1S/C9H11NO3/c1-4-6(8(11)10-3)7(5-2)9(12)13/h4-5H,1-2H2,3H3,(H,10,11)(H,12,13)/b7-6-. The molecule has 0 aromatic carbocycles. The molecule has 0 aliphatic carbocycles. The Morgan fingerprint density at radius 1 is 1.23 bits per heavy atom. The summed E-state index contributed by atoms with van der Waals surface area (Å²) < 4.78 is 0. The Kier molecular flexibility index (Phi) is 4.23. The maximum Gasteiger partial charge on any atom is 0.336 e. The molecule has 2 N–H and O–H groups in total. The fourth-order valence-electron chi connectivity index (χ4n) is 0.772. The molecule has 0 unspecified atom stereocenters. The van der Waals surface area contributed by atoms with Gasteiger partial charge in [0.25, 0.3) is 5.91 Å². The van der Waals surface area contributed by atoms with Crippen LogP contribution in [0.1, 0.15) is 0 Å². The van der Waals surface area contributed by atoms with Crippen molar-refractivity contribution in [3.05, 3.63) is 36.5 Å². The van der Waals surface area contributed by atoms with Crippen molar-refractivity contribution in [1.82, 2.24) is 5.32 Å². The molecule has 13 heavy (non-hydrogen) atoms. The van der Waals surface area contributed by atoms with Crippen molar-refractivity contribution >= 4 is 11.9 Å². The van der Waals surface area contributed by atoms with E-state index in [1.807, 2.05) is 0 Å². The highest BCUT2D eigenvalue weighted by atomic mass is 16.4. The largest absolute Gasteiger partial charge is 0.478 e. The molecule has 0 aromatic rings. The van der Waals surface area contributed by atoms with Crippen molar-refractivity contribution < 1.29 is 14.7 Å². The van der Waals surface area contributed by atoms with Gasteiger partial charge in [-0.25, -0.2) is 4.79 Å². The number of likely N-dealkylation sites (N-methyl/N-ethyl adjacent to an activating group) is 1. The molecule has 0 aliphatic heterocycles. The zero-order valence-corrected chi connectivity index (χ0v) is 7.33. The first-order valence-electron chi connectivity index (χ1n) is 3.53. The fourth-order valence-corrected chi connectivity index (χ4v) is 0.772. The van der Waals surface area contributed by atoms with E-state index < -0.39 is 11.9 Å². The minimum absolute atomic E-state index is 0.00463. The minimum Gasteiger partial charge on any atom is -0.478 e. The van der Waals surface area contributed by atoms with Crippen LogP contribution in [0, 0.1) is 0 Å². The van der Waals surface area contributed by atoms with Crippen molar-refractivity contribution in [1.29, 1.82) is 0 Å². The number of hydrogen-bond acceptors (Lipinski definition) is 2. The maximum absolute atomic E-state index is 11.1. The molecule has 0 atom stereocenters. The molecule has 0 bridgehead atoms. The van der Waals surface area contributed by atoms with Crippen molar-refractivity contribution in [3.63, 3.8) is 0 Å². The van der Waals surface area contributed by atoms with Gasteiger partial charge in [-0.3, -0.25) is 4.79 Å². The third-order valence-corrected chi connectivity index (χ3v) is 1.40. The molecule has 0 radical (unpaired) electrons. The van der Waals surface area contributed by atoms with Gasteiger partial charge in [-0.1, -0.05) is 25.3 Å². The Morgan fingerprint density at radius 3 is 1.92 bits per heavy atom. The molecule has 0 fully saturated rings. The van der Waals surface area contributed by atoms with Crippen molar-refractivity contribution in [2.75, 3.05) is 7.05 Å². The smallest absolute Gasteiger partial charge is 0.336 e. The van der Waals surface area contributed by atoms with E-state index in [2.05, 4.69) is 18.5 Å². The lowest BCUT2D eigenvalue weighted by Gasteiger charge is -2.02. The van der Waals surface area contributed by atoms with Gasteiger partial charge in [-0.05, 0) is 0 Å². The second-order valence-corrected chi connectivity index (χ2v) is 2.12. The SMILES string of the molecule is C=C/C(C(=O)O)=C(\C=C)C(=O)NC. The Bertz CT molecular complexity index is 289. The first-order chi connectivity index (χ1) is 6.08. The highest BCUT2D eigenvalue weighted by Gasteiger charge is 2.13. The molecular formula is C9H11NO3. The summed E-state index contributed by atoms with van der Waals surface area (Å²) in [6, 6.07) is 0. The van der Waals surface area contributed by atoms with Crippen LogP contribution in [-0.2, 0) is 9.59 Å². The molecule has 0 spiro atoms. The molecular weight excluding hydrogens is 170 g/mol. The normalized spacial score (nSPS) is 11.2. The van der Waals surface area contributed by atoms with Gasteiger partial charge < -0.3 is 10.4 Å². The monoisotopic (exact) mass is 181 g/mol. The first kappa shape index (κ1) is 11.2. The highest BCUT2D eigenvalue weighted by Crippen LogP contribution is 2.07. The van der Waals surface area contributed by atoms with Crippen molar-refractivity contribution in [2.45, 2.75) is 0 Å². The van der Waals surface area contributed by atoms with Gasteiger partial charge in [-0.15, -0.1) is 0 Å². The van der Waals surface area contributed by atoms with Crippen LogP contribution in [0.5, 0.6) is 0 Å². The van der Waals surface area contributed by atoms with Crippen LogP contribution in [0.2, 0.25) is 0 Å². The topological polar surface area (TPSA) is 66.4 Å². The Labute approximate surface area is 76.3 Å². The van der Waals surface area contributed by atoms with Crippen LogP contribution in [-0.4, -0.2) is 24.0 Å². The van der Waals surface area contributed by atoms with Gasteiger partial charge in [0.2, 0.25) is 0 Å². The number of carbonyl (C=O) groups is 2. The summed E-state index contributed by atoms with van der Waals surface area (Å²) in [5.74, 6) is -1.69. The molecule has 0 rings (SSSR count). The lowest BCUT2D eigenvalue weighted by atomic mass is 10.1. The molecule has 1 amide bonds. The molecule has 0 aromatic heterocycles. The number of rotatable bonds is 4. The van der Waals surface area contributed by atoms with Gasteiger partial charge in [0.05, 0.1) is 11.1 Å². The summed E-state index contributed by atoms with van der Waals surface area (Å²) in [4.78, 5) is 21.7. The van der Waals surface area contributed by atoms with Crippen LogP contribution >= 0.6 is 0 Å². The van der Waals surface area contributed by atoms with Crippen LogP contribution in [0.25, 0.3) is 0 Å². The van der Waals surface area contributed by atoms with Crippen LogP contribution in [0.3, 0.4) is 0 Å². The predicted molar refractivity (Wildman–Crippen MR) is 49.1 cm³/mol. The first-order valence-corrected chi connectivity index (χ1v) is 3.53. The average molecular weight is 181 g/mol. The summed E-state index contributed by atoms with van der Waals surface area (Å²) in [6.07, 6.45) is 2.29. The summed E-state index contributed by atoms with van der Waals surface area (Å²) in [6.45, 7) is 6.65. The Morgan fingerprint density at radius 2 is 1.69 bits per heavy atom. The summed E-state index contributed by atoms with van der Waals surface area (Å²) >= 11 is 0. The fraction of sp³-hybridized carbons (Fsp3) is 0.111.